The predicted octanol–water partition coefficient (Wildman–Crippen LogP) is 3.32. The standard InChI is InChI=1S/C9H6Cl2N2/c10-7-5-8(11)9(13-6-7)3-1-2-4-12/h1,3,5-6H,2H2. The van der Waals surface area contributed by atoms with Crippen molar-refractivity contribution < 1.29 is 0 Å². The van der Waals surface area contributed by atoms with Crippen molar-refractivity contribution in [3.63, 3.8) is 0 Å². The van der Waals surface area contributed by atoms with E-state index in [1.54, 1.807) is 18.2 Å². The van der Waals surface area contributed by atoms with E-state index in [9.17, 15) is 0 Å². The molecule has 0 spiro atoms. The third kappa shape index (κ3) is 3.06. The van der Waals surface area contributed by atoms with E-state index in [1.807, 2.05) is 6.07 Å². The summed E-state index contributed by atoms with van der Waals surface area (Å²) in [4.78, 5) is 3.99. The number of hydrogen-bond acceptors (Lipinski definition) is 2. The highest BCUT2D eigenvalue weighted by atomic mass is 35.5. The van der Waals surface area contributed by atoms with Crippen molar-refractivity contribution in [3.05, 3.63) is 34.1 Å². The Kier molecular flexibility index (Phi) is 3.75. The summed E-state index contributed by atoms with van der Waals surface area (Å²) in [6, 6.07) is 3.60. The normalized spacial score (nSPS) is 10.2. The van der Waals surface area contributed by atoms with Crippen molar-refractivity contribution in [2.75, 3.05) is 0 Å². The predicted molar refractivity (Wildman–Crippen MR) is 53.5 cm³/mol. The van der Waals surface area contributed by atoms with Gasteiger partial charge in [-0.25, -0.2) is 0 Å². The van der Waals surface area contributed by atoms with Crippen LogP contribution < -0.4 is 0 Å². The van der Waals surface area contributed by atoms with Crippen LogP contribution in [0.4, 0.5) is 0 Å². The van der Waals surface area contributed by atoms with Gasteiger partial charge in [-0.3, -0.25) is 4.98 Å². The fourth-order valence-corrected chi connectivity index (χ4v) is 1.21. The molecule has 1 aromatic heterocycles. The van der Waals surface area contributed by atoms with E-state index in [1.165, 1.54) is 6.20 Å². The summed E-state index contributed by atoms with van der Waals surface area (Å²) in [6.45, 7) is 0. The van der Waals surface area contributed by atoms with Crippen LogP contribution >= 0.6 is 23.2 Å². The molecule has 0 atom stereocenters. The molecule has 4 heteroatoms. The molecule has 0 saturated heterocycles. The largest absolute Gasteiger partial charge is 0.254 e. The van der Waals surface area contributed by atoms with Crippen LogP contribution in [0.25, 0.3) is 6.08 Å². The Morgan fingerprint density at radius 1 is 1.54 bits per heavy atom. The molecule has 0 aliphatic heterocycles. The Balaban J connectivity index is 2.85. The topological polar surface area (TPSA) is 36.7 Å². The first-order chi connectivity index (χ1) is 6.24. The van der Waals surface area contributed by atoms with Gasteiger partial charge in [0.25, 0.3) is 0 Å². The molecule has 0 saturated carbocycles. The lowest BCUT2D eigenvalue weighted by atomic mass is 10.3. The number of nitrogens with zero attached hydrogens (tertiary/aromatic N) is 2. The average molecular weight is 213 g/mol. The van der Waals surface area contributed by atoms with Crippen molar-refractivity contribution in [2.24, 2.45) is 0 Å². The van der Waals surface area contributed by atoms with E-state index in [2.05, 4.69) is 4.98 Å². The fourth-order valence-electron chi connectivity index (χ4n) is 0.771. The van der Waals surface area contributed by atoms with Crippen LogP contribution in [0.1, 0.15) is 12.1 Å². The highest BCUT2D eigenvalue weighted by Gasteiger charge is 1.97. The molecule has 0 aromatic carbocycles. The second-order valence-electron chi connectivity index (χ2n) is 2.29. The molecular formula is C9H6Cl2N2. The Bertz CT molecular complexity index is 366. The first kappa shape index (κ1) is 10.0. The maximum atomic E-state index is 8.28. The van der Waals surface area contributed by atoms with Gasteiger partial charge in [-0.15, -0.1) is 0 Å². The minimum atomic E-state index is 0.348. The van der Waals surface area contributed by atoms with Gasteiger partial charge in [0.1, 0.15) is 0 Å². The second-order valence-corrected chi connectivity index (χ2v) is 3.13. The molecular weight excluding hydrogens is 207 g/mol. The molecule has 2 nitrogen and oxygen atoms in total. The van der Waals surface area contributed by atoms with E-state index in [-0.39, 0.29) is 0 Å². The number of pyridine rings is 1. The summed E-state index contributed by atoms with van der Waals surface area (Å²) < 4.78 is 0. The molecule has 0 radical (unpaired) electrons. The lowest BCUT2D eigenvalue weighted by Gasteiger charge is -1.96. The Labute approximate surface area is 86.4 Å². The van der Waals surface area contributed by atoms with Gasteiger partial charge in [0, 0.05) is 6.20 Å². The van der Waals surface area contributed by atoms with Crippen molar-refractivity contribution >= 4 is 29.3 Å². The second kappa shape index (κ2) is 4.86. The SMILES string of the molecule is N#CCC=Cc1ncc(Cl)cc1Cl. The molecule has 0 aliphatic rings. The number of hydrogen-bond donors (Lipinski definition) is 0. The van der Waals surface area contributed by atoms with Gasteiger partial charge >= 0.3 is 0 Å². The van der Waals surface area contributed by atoms with Gasteiger partial charge in [0.15, 0.2) is 0 Å². The van der Waals surface area contributed by atoms with Gasteiger partial charge in [-0.05, 0) is 12.1 Å². The number of allylic oxidation sites excluding steroid dienone is 1. The summed E-state index contributed by atoms with van der Waals surface area (Å²) in [5.74, 6) is 0. The monoisotopic (exact) mass is 212 g/mol. The van der Waals surface area contributed by atoms with Gasteiger partial charge < -0.3 is 0 Å². The highest BCUT2D eigenvalue weighted by molar-refractivity contribution is 6.35. The smallest absolute Gasteiger partial charge is 0.0814 e. The molecule has 66 valence electrons. The third-order valence-electron chi connectivity index (χ3n) is 1.32. The van der Waals surface area contributed by atoms with Crippen LogP contribution in [-0.2, 0) is 0 Å². The first-order valence-electron chi connectivity index (χ1n) is 3.58. The van der Waals surface area contributed by atoms with Crippen molar-refractivity contribution in [1.29, 1.82) is 5.26 Å². The number of rotatable bonds is 2. The molecule has 0 fully saturated rings. The molecule has 1 aromatic rings. The minimum Gasteiger partial charge on any atom is -0.254 e. The molecule has 0 N–H and O–H groups in total. The number of nitriles is 1. The highest BCUT2D eigenvalue weighted by Crippen LogP contribution is 2.19. The third-order valence-corrected chi connectivity index (χ3v) is 1.83. The van der Waals surface area contributed by atoms with Gasteiger partial charge in [0.05, 0.1) is 28.2 Å². The summed E-state index contributed by atoms with van der Waals surface area (Å²) in [5, 5.41) is 9.27. The van der Waals surface area contributed by atoms with Gasteiger partial charge in [0.2, 0.25) is 0 Å². The Hall–Kier alpha value is -1.04. The quantitative estimate of drug-likeness (QED) is 0.755. The number of aromatic nitrogens is 1. The van der Waals surface area contributed by atoms with Crippen molar-refractivity contribution in [3.8, 4) is 6.07 Å². The zero-order valence-corrected chi connectivity index (χ0v) is 8.18. The maximum absolute atomic E-state index is 8.28. The molecule has 0 aliphatic carbocycles. The first-order valence-corrected chi connectivity index (χ1v) is 4.34. The van der Waals surface area contributed by atoms with Crippen LogP contribution in [0.15, 0.2) is 18.3 Å². The van der Waals surface area contributed by atoms with E-state index in [4.69, 9.17) is 28.5 Å². The number of halogens is 2. The molecule has 13 heavy (non-hydrogen) atoms. The molecule has 0 unspecified atom stereocenters. The van der Waals surface area contributed by atoms with Gasteiger partial charge in [-0.2, -0.15) is 5.26 Å². The van der Waals surface area contributed by atoms with Crippen molar-refractivity contribution in [2.45, 2.75) is 6.42 Å². The van der Waals surface area contributed by atoms with Crippen LogP contribution in [0, 0.1) is 11.3 Å². The van der Waals surface area contributed by atoms with Crippen LogP contribution in [0.2, 0.25) is 10.0 Å². The summed E-state index contributed by atoms with van der Waals surface area (Å²) in [6.07, 6.45) is 5.25. The Morgan fingerprint density at radius 2 is 2.31 bits per heavy atom. The molecule has 1 heterocycles. The van der Waals surface area contributed by atoms with E-state index < -0.39 is 0 Å². The summed E-state index contributed by atoms with van der Waals surface area (Å²) in [5.41, 5.74) is 0.626. The van der Waals surface area contributed by atoms with E-state index in [0.717, 1.165) is 0 Å². The zero-order valence-electron chi connectivity index (χ0n) is 6.67. The fraction of sp³-hybridized carbons (Fsp3) is 0.111. The Morgan fingerprint density at radius 3 is 2.92 bits per heavy atom. The average Bonchev–Trinajstić information content (AvgIpc) is 2.09. The summed E-state index contributed by atoms with van der Waals surface area (Å²) >= 11 is 11.5. The maximum Gasteiger partial charge on any atom is 0.0814 e. The zero-order chi connectivity index (χ0) is 9.68. The minimum absolute atomic E-state index is 0.348. The van der Waals surface area contributed by atoms with Crippen LogP contribution in [-0.4, -0.2) is 4.98 Å². The molecule has 1 rings (SSSR count). The van der Waals surface area contributed by atoms with E-state index in [0.29, 0.717) is 22.2 Å². The van der Waals surface area contributed by atoms with Crippen LogP contribution in [0.5, 0.6) is 0 Å². The lowest BCUT2D eigenvalue weighted by Crippen LogP contribution is -1.81. The lowest BCUT2D eigenvalue weighted by molar-refractivity contribution is 1.28. The van der Waals surface area contributed by atoms with Crippen molar-refractivity contribution in [1.82, 2.24) is 4.98 Å². The van der Waals surface area contributed by atoms with Crippen LogP contribution in [0.3, 0.4) is 0 Å². The molecule has 0 bridgehead atoms. The summed E-state index contributed by atoms with van der Waals surface area (Å²) in [7, 11) is 0. The van der Waals surface area contributed by atoms with E-state index >= 15 is 0 Å². The van der Waals surface area contributed by atoms with Gasteiger partial charge in [-0.1, -0.05) is 29.3 Å². The molecule has 0 amide bonds.